The summed E-state index contributed by atoms with van der Waals surface area (Å²) in [5.41, 5.74) is 0.954. The van der Waals surface area contributed by atoms with E-state index >= 15 is 0 Å². The summed E-state index contributed by atoms with van der Waals surface area (Å²) in [6, 6.07) is 13.7. The van der Waals surface area contributed by atoms with E-state index in [1.807, 2.05) is 42.5 Å². The Morgan fingerprint density at radius 2 is 2.00 bits per heavy atom. The fraction of sp³-hybridized carbons (Fsp3) is 0.350. The van der Waals surface area contributed by atoms with Crippen LogP contribution in [0.1, 0.15) is 24.4 Å². The van der Waals surface area contributed by atoms with E-state index in [0.29, 0.717) is 18.2 Å². The summed E-state index contributed by atoms with van der Waals surface area (Å²) in [5, 5.41) is 10.1. The van der Waals surface area contributed by atoms with Crippen molar-refractivity contribution < 1.29 is 9.21 Å². The number of benzene rings is 1. The second-order valence-corrected chi connectivity index (χ2v) is 6.82. The van der Waals surface area contributed by atoms with Crippen LogP contribution in [0.25, 0.3) is 11.4 Å². The molecule has 0 bridgehead atoms. The first-order valence-electron chi connectivity index (χ1n) is 9.27. The number of aromatic nitrogens is 3. The molecule has 0 saturated carbocycles. The monoisotopic (exact) mass is 365 g/mol. The molecule has 0 spiro atoms. The van der Waals surface area contributed by atoms with Crippen molar-refractivity contribution in [2.75, 3.05) is 13.1 Å². The van der Waals surface area contributed by atoms with Crippen molar-refractivity contribution in [2.24, 2.45) is 5.92 Å². The highest BCUT2D eigenvalue weighted by Gasteiger charge is 2.25. The number of amides is 1. The van der Waals surface area contributed by atoms with Gasteiger partial charge in [-0.1, -0.05) is 30.3 Å². The molecular formula is C20H23N5O2. The van der Waals surface area contributed by atoms with Crippen molar-refractivity contribution >= 4 is 5.91 Å². The van der Waals surface area contributed by atoms with Gasteiger partial charge in [0.15, 0.2) is 5.82 Å². The third-order valence-electron chi connectivity index (χ3n) is 4.91. The fourth-order valence-electron chi connectivity index (χ4n) is 3.38. The quantitative estimate of drug-likeness (QED) is 0.701. The van der Waals surface area contributed by atoms with E-state index < -0.39 is 0 Å². The molecule has 0 atom stereocenters. The van der Waals surface area contributed by atoms with Gasteiger partial charge in [-0.2, -0.15) is 5.10 Å². The number of piperidine rings is 1. The Morgan fingerprint density at radius 3 is 2.74 bits per heavy atom. The number of aromatic amines is 1. The van der Waals surface area contributed by atoms with Crippen LogP contribution in [0.15, 0.2) is 53.1 Å². The van der Waals surface area contributed by atoms with E-state index in [2.05, 4.69) is 25.4 Å². The largest absolute Gasteiger partial charge is 0.468 e. The zero-order valence-electron chi connectivity index (χ0n) is 15.1. The molecule has 1 amide bonds. The van der Waals surface area contributed by atoms with Gasteiger partial charge in [-0.3, -0.25) is 14.8 Å². The Hall–Kier alpha value is -2.93. The normalized spacial score (nSPS) is 15.7. The maximum Gasteiger partial charge on any atom is 0.223 e. The highest BCUT2D eigenvalue weighted by atomic mass is 16.3. The van der Waals surface area contributed by atoms with Gasteiger partial charge in [-0.05, 0) is 38.1 Å². The summed E-state index contributed by atoms with van der Waals surface area (Å²) in [6.45, 7) is 2.98. The molecule has 3 aromatic rings. The molecule has 0 aliphatic carbocycles. The lowest BCUT2D eigenvalue weighted by Gasteiger charge is -2.30. The second kappa shape index (κ2) is 8.18. The highest BCUT2D eigenvalue weighted by Crippen LogP contribution is 2.19. The molecule has 4 rings (SSSR count). The molecule has 0 radical (unpaired) electrons. The molecule has 140 valence electrons. The van der Waals surface area contributed by atoms with Gasteiger partial charge >= 0.3 is 0 Å². The van der Waals surface area contributed by atoms with Crippen LogP contribution in [0.4, 0.5) is 0 Å². The van der Waals surface area contributed by atoms with Gasteiger partial charge in [0.05, 0.1) is 19.4 Å². The topological polar surface area (TPSA) is 87.0 Å². The minimum absolute atomic E-state index is 0.0503. The van der Waals surface area contributed by atoms with E-state index in [0.717, 1.165) is 43.8 Å². The number of hydrogen-bond acceptors (Lipinski definition) is 5. The van der Waals surface area contributed by atoms with Crippen LogP contribution >= 0.6 is 0 Å². The average molecular weight is 365 g/mol. The van der Waals surface area contributed by atoms with Gasteiger partial charge in [-0.25, -0.2) is 4.98 Å². The zero-order chi connectivity index (χ0) is 18.5. The maximum absolute atomic E-state index is 12.5. The van der Waals surface area contributed by atoms with Crippen molar-refractivity contribution in [2.45, 2.75) is 25.9 Å². The van der Waals surface area contributed by atoms with Crippen LogP contribution in [-0.4, -0.2) is 39.1 Å². The number of hydrogen-bond donors (Lipinski definition) is 2. The fourth-order valence-corrected chi connectivity index (χ4v) is 3.38. The number of carbonyl (C=O) groups is 1. The Morgan fingerprint density at radius 1 is 1.19 bits per heavy atom. The number of nitrogens with zero attached hydrogens (tertiary/aromatic N) is 3. The van der Waals surface area contributed by atoms with Crippen LogP contribution in [-0.2, 0) is 17.9 Å². The third-order valence-corrected chi connectivity index (χ3v) is 4.91. The van der Waals surface area contributed by atoms with Gasteiger partial charge in [0.1, 0.15) is 11.6 Å². The van der Waals surface area contributed by atoms with Crippen molar-refractivity contribution in [3.05, 3.63) is 60.3 Å². The summed E-state index contributed by atoms with van der Waals surface area (Å²) in [5.74, 6) is 2.42. The maximum atomic E-state index is 12.5. The molecule has 2 aromatic heterocycles. The molecule has 1 saturated heterocycles. The number of carbonyl (C=O) groups excluding carboxylic acids is 1. The van der Waals surface area contributed by atoms with Gasteiger partial charge in [0, 0.05) is 11.5 Å². The average Bonchev–Trinajstić information content (AvgIpc) is 3.39. The van der Waals surface area contributed by atoms with Crippen LogP contribution < -0.4 is 5.32 Å². The molecule has 3 heterocycles. The van der Waals surface area contributed by atoms with Crippen molar-refractivity contribution in [3.63, 3.8) is 0 Å². The van der Waals surface area contributed by atoms with Gasteiger partial charge in [0.25, 0.3) is 0 Å². The number of H-pyrrole nitrogens is 1. The number of nitrogens with one attached hydrogen (secondary N) is 2. The zero-order valence-corrected chi connectivity index (χ0v) is 15.1. The summed E-state index contributed by atoms with van der Waals surface area (Å²) < 4.78 is 5.39. The van der Waals surface area contributed by atoms with Crippen molar-refractivity contribution in [3.8, 4) is 11.4 Å². The van der Waals surface area contributed by atoms with Gasteiger partial charge in [0.2, 0.25) is 5.91 Å². The minimum Gasteiger partial charge on any atom is -0.468 e. The molecule has 27 heavy (non-hydrogen) atoms. The lowest BCUT2D eigenvalue weighted by atomic mass is 9.96. The lowest BCUT2D eigenvalue weighted by molar-refractivity contribution is -0.126. The summed E-state index contributed by atoms with van der Waals surface area (Å²) in [4.78, 5) is 19.2. The van der Waals surface area contributed by atoms with Crippen LogP contribution in [0.5, 0.6) is 0 Å². The lowest BCUT2D eigenvalue weighted by Crippen LogP contribution is -2.40. The molecular weight excluding hydrogens is 342 g/mol. The Bertz CT molecular complexity index is 852. The van der Waals surface area contributed by atoms with Gasteiger partial charge < -0.3 is 9.73 Å². The first kappa shape index (κ1) is 17.5. The molecule has 1 aliphatic heterocycles. The molecule has 0 unspecified atom stereocenters. The van der Waals surface area contributed by atoms with E-state index in [1.54, 1.807) is 6.26 Å². The molecule has 2 N–H and O–H groups in total. The van der Waals surface area contributed by atoms with Crippen molar-refractivity contribution in [1.29, 1.82) is 0 Å². The predicted octanol–water partition coefficient (Wildman–Crippen LogP) is 2.59. The smallest absolute Gasteiger partial charge is 0.223 e. The minimum atomic E-state index is 0.0503. The van der Waals surface area contributed by atoms with Crippen LogP contribution in [0.3, 0.4) is 0 Å². The number of rotatable bonds is 6. The first-order chi connectivity index (χ1) is 13.3. The Balaban J connectivity index is 1.24. The van der Waals surface area contributed by atoms with E-state index in [-0.39, 0.29) is 11.8 Å². The molecule has 1 fully saturated rings. The SMILES string of the molecule is O=C(NCc1nc(-c2ccccc2)n[nH]1)C1CCN(Cc2ccco2)CC1. The first-order valence-corrected chi connectivity index (χ1v) is 9.27. The van der Waals surface area contributed by atoms with Gasteiger partial charge in [-0.15, -0.1) is 0 Å². The summed E-state index contributed by atoms with van der Waals surface area (Å²) in [6.07, 6.45) is 3.42. The Kier molecular flexibility index (Phi) is 5.29. The van der Waals surface area contributed by atoms with E-state index in [9.17, 15) is 4.79 Å². The highest BCUT2D eigenvalue weighted by molar-refractivity contribution is 5.78. The third kappa shape index (κ3) is 4.43. The molecule has 7 nitrogen and oxygen atoms in total. The summed E-state index contributed by atoms with van der Waals surface area (Å²) >= 11 is 0. The number of furan rings is 1. The van der Waals surface area contributed by atoms with E-state index in [1.165, 1.54) is 0 Å². The molecule has 7 heteroatoms. The predicted molar refractivity (Wildman–Crippen MR) is 100 cm³/mol. The molecule has 1 aliphatic rings. The second-order valence-electron chi connectivity index (χ2n) is 6.82. The van der Waals surface area contributed by atoms with Crippen molar-refractivity contribution in [1.82, 2.24) is 25.4 Å². The summed E-state index contributed by atoms with van der Waals surface area (Å²) in [7, 11) is 0. The Labute approximate surface area is 157 Å². The van der Waals surface area contributed by atoms with Crippen LogP contribution in [0, 0.1) is 5.92 Å². The van der Waals surface area contributed by atoms with E-state index in [4.69, 9.17) is 4.42 Å². The standard InChI is InChI=1S/C20H23N5O2/c26-20(16-8-10-25(11-9-16)14-17-7-4-12-27-17)21-13-18-22-19(24-23-18)15-5-2-1-3-6-15/h1-7,12,16H,8-11,13-14H2,(H,21,26)(H,22,23,24). The number of likely N-dealkylation sites (tertiary alicyclic amines) is 1. The molecule has 1 aromatic carbocycles. The van der Waals surface area contributed by atoms with Crippen LogP contribution in [0.2, 0.25) is 0 Å².